The van der Waals surface area contributed by atoms with Crippen LogP contribution in [-0.4, -0.2) is 12.9 Å². The van der Waals surface area contributed by atoms with Crippen LogP contribution in [0.4, 0.5) is 13.2 Å². The molecule has 0 fully saturated rings. The van der Waals surface area contributed by atoms with Crippen molar-refractivity contribution in [3.8, 4) is 16.9 Å². The minimum atomic E-state index is -4.42. The van der Waals surface area contributed by atoms with Crippen LogP contribution in [0.1, 0.15) is 21.5 Å². The number of carbonyl (C=O) groups is 1. The largest absolute Gasteiger partial charge is 0.497 e. The normalized spacial score (nSPS) is 13.1. The highest BCUT2D eigenvalue weighted by Gasteiger charge is 2.34. The first-order valence-electron chi connectivity index (χ1n) is 5.86. The summed E-state index contributed by atoms with van der Waals surface area (Å²) in [5.74, 6) is 0.226. The van der Waals surface area contributed by atoms with Crippen molar-refractivity contribution in [1.82, 2.24) is 0 Å². The molecule has 0 atom stereocenters. The fraction of sp³-hybridized carbons (Fsp3) is 0.133. The summed E-state index contributed by atoms with van der Waals surface area (Å²) in [5, 5.41) is 0. The Morgan fingerprint density at radius 3 is 2.25 bits per heavy atom. The van der Waals surface area contributed by atoms with Gasteiger partial charge in [-0.05, 0) is 47.5 Å². The van der Waals surface area contributed by atoms with Gasteiger partial charge in [0.15, 0.2) is 5.78 Å². The predicted molar refractivity (Wildman–Crippen MR) is 66.9 cm³/mol. The molecule has 0 unspecified atom stereocenters. The third kappa shape index (κ3) is 1.78. The van der Waals surface area contributed by atoms with E-state index >= 15 is 0 Å². The van der Waals surface area contributed by atoms with Gasteiger partial charge in [-0.3, -0.25) is 4.79 Å². The lowest BCUT2D eigenvalue weighted by Gasteiger charge is -2.08. The average Bonchev–Trinajstić information content (AvgIpc) is 2.70. The Morgan fingerprint density at radius 1 is 0.900 bits per heavy atom. The Labute approximate surface area is 112 Å². The molecule has 0 N–H and O–H groups in total. The molecule has 0 aromatic heterocycles. The van der Waals surface area contributed by atoms with Gasteiger partial charge in [-0.1, -0.05) is 0 Å². The molecule has 0 radical (unpaired) electrons. The molecule has 0 saturated heterocycles. The van der Waals surface area contributed by atoms with Crippen molar-refractivity contribution in [2.24, 2.45) is 0 Å². The Hall–Kier alpha value is -2.30. The molecule has 20 heavy (non-hydrogen) atoms. The smallest absolute Gasteiger partial charge is 0.416 e. The number of benzene rings is 2. The molecule has 2 aromatic carbocycles. The van der Waals surface area contributed by atoms with Crippen LogP contribution in [0.2, 0.25) is 0 Å². The number of methoxy groups -OCH3 is 1. The summed E-state index contributed by atoms with van der Waals surface area (Å²) in [6.07, 6.45) is -4.42. The summed E-state index contributed by atoms with van der Waals surface area (Å²) in [7, 11) is 1.47. The molecule has 5 heteroatoms. The highest BCUT2D eigenvalue weighted by atomic mass is 19.4. The van der Waals surface area contributed by atoms with E-state index in [1.54, 1.807) is 18.2 Å². The standard InChI is InChI=1S/C15H9F3O2/c1-20-9-3-5-10-12-6-8(15(16,17)18)2-4-11(12)14(19)13(10)7-9/h2-7H,1H3. The van der Waals surface area contributed by atoms with E-state index < -0.39 is 11.7 Å². The van der Waals surface area contributed by atoms with Crippen molar-refractivity contribution in [2.45, 2.75) is 6.18 Å². The van der Waals surface area contributed by atoms with Gasteiger partial charge in [0, 0.05) is 11.1 Å². The first kappa shape index (κ1) is 12.7. The average molecular weight is 278 g/mol. The second-order valence-electron chi connectivity index (χ2n) is 4.50. The maximum absolute atomic E-state index is 12.7. The van der Waals surface area contributed by atoms with Crippen LogP contribution in [0, 0.1) is 0 Å². The lowest BCUT2D eigenvalue weighted by molar-refractivity contribution is -0.137. The number of rotatable bonds is 1. The van der Waals surface area contributed by atoms with E-state index in [9.17, 15) is 18.0 Å². The van der Waals surface area contributed by atoms with Gasteiger partial charge in [0.05, 0.1) is 12.7 Å². The highest BCUT2D eigenvalue weighted by Crippen LogP contribution is 2.41. The summed E-state index contributed by atoms with van der Waals surface area (Å²) < 4.78 is 43.3. The van der Waals surface area contributed by atoms with Gasteiger partial charge >= 0.3 is 6.18 Å². The van der Waals surface area contributed by atoms with Crippen molar-refractivity contribution >= 4 is 5.78 Å². The SMILES string of the molecule is COc1ccc2c(c1)C(=O)c1ccc(C(F)(F)F)cc1-2. The quantitative estimate of drug-likeness (QED) is 0.674. The molecule has 0 aliphatic heterocycles. The van der Waals surface area contributed by atoms with Crippen molar-refractivity contribution in [3.05, 3.63) is 53.1 Å². The van der Waals surface area contributed by atoms with E-state index in [1.165, 1.54) is 13.2 Å². The number of halogens is 3. The Balaban J connectivity index is 2.21. The van der Waals surface area contributed by atoms with Crippen LogP contribution in [0.5, 0.6) is 5.75 Å². The molecule has 3 rings (SSSR count). The zero-order valence-corrected chi connectivity index (χ0v) is 10.4. The summed E-state index contributed by atoms with van der Waals surface area (Å²) in [4.78, 5) is 12.2. The molecule has 0 heterocycles. The second-order valence-corrected chi connectivity index (χ2v) is 4.50. The summed E-state index contributed by atoms with van der Waals surface area (Å²) in [6, 6.07) is 7.96. The topological polar surface area (TPSA) is 26.3 Å². The van der Waals surface area contributed by atoms with Gasteiger partial charge in [0.2, 0.25) is 0 Å². The molecule has 2 aromatic rings. The van der Waals surface area contributed by atoms with E-state index in [0.29, 0.717) is 28.0 Å². The zero-order chi connectivity index (χ0) is 14.5. The third-order valence-corrected chi connectivity index (χ3v) is 3.35. The molecule has 1 aliphatic rings. The number of hydrogen-bond acceptors (Lipinski definition) is 2. The predicted octanol–water partition coefficient (Wildman–Crippen LogP) is 3.93. The molecule has 0 amide bonds. The van der Waals surface area contributed by atoms with Gasteiger partial charge in [0.1, 0.15) is 5.75 Å². The molecule has 1 aliphatic carbocycles. The zero-order valence-electron chi connectivity index (χ0n) is 10.4. The summed E-state index contributed by atoms with van der Waals surface area (Å²) in [6.45, 7) is 0. The molecule has 102 valence electrons. The lowest BCUT2D eigenvalue weighted by atomic mass is 10.0. The van der Waals surface area contributed by atoms with E-state index in [4.69, 9.17) is 4.74 Å². The van der Waals surface area contributed by atoms with Gasteiger partial charge in [0.25, 0.3) is 0 Å². The van der Waals surface area contributed by atoms with Crippen molar-refractivity contribution in [2.75, 3.05) is 7.11 Å². The third-order valence-electron chi connectivity index (χ3n) is 3.35. The van der Waals surface area contributed by atoms with Crippen LogP contribution < -0.4 is 4.74 Å². The van der Waals surface area contributed by atoms with E-state index in [1.807, 2.05) is 0 Å². The summed E-state index contributed by atoms with van der Waals surface area (Å²) >= 11 is 0. The maximum atomic E-state index is 12.7. The lowest BCUT2D eigenvalue weighted by Crippen LogP contribution is -2.05. The number of ether oxygens (including phenoxy) is 1. The van der Waals surface area contributed by atoms with Crippen LogP contribution in [0.25, 0.3) is 11.1 Å². The van der Waals surface area contributed by atoms with E-state index in [2.05, 4.69) is 0 Å². The Kier molecular flexibility index (Phi) is 2.61. The van der Waals surface area contributed by atoms with Crippen LogP contribution >= 0.6 is 0 Å². The Bertz CT molecular complexity index is 718. The van der Waals surface area contributed by atoms with E-state index in [-0.39, 0.29) is 5.78 Å². The number of alkyl halides is 3. The molecule has 2 nitrogen and oxygen atoms in total. The van der Waals surface area contributed by atoms with Gasteiger partial charge < -0.3 is 4.74 Å². The van der Waals surface area contributed by atoms with Crippen LogP contribution in [0.3, 0.4) is 0 Å². The molecular weight excluding hydrogens is 269 g/mol. The molecule has 0 spiro atoms. The van der Waals surface area contributed by atoms with Crippen LogP contribution in [0.15, 0.2) is 36.4 Å². The molecule has 0 saturated carbocycles. The Morgan fingerprint density at radius 2 is 1.60 bits per heavy atom. The number of carbonyl (C=O) groups excluding carboxylic acids is 1. The number of hydrogen-bond donors (Lipinski definition) is 0. The second kappa shape index (κ2) is 4.10. The van der Waals surface area contributed by atoms with Crippen molar-refractivity contribution in [3.63, 3.8) is 0 Å². The number of fused-ring (bicyclic) bond motifs is 3. The minimum Gasteiger partial charge on any atom is -0.497 e. The summed E-state index contributed by atoms with van der Waals surface area (Å²) in [5.41, 5.74) is 0.743. The van der Waals surface area contributed by atoms with Crippen molar-refractivity contribution < 1.29 is 22.7 Å². The fourth-order valence-corrected chi connectivity index (χ4v) is 2.36. The maximum Gasteiger partial charge on any atom is 0.416 e. The molecular formula is C15H9F3O2. The minimum absolute atomic E-state index is 0.275. The van der Waals surface area contributed by atoms with Gasteiger partial charge in [-0.15, -0.1) is 0 Å². The first-order chi connectivity index (χ1) is 9.41. The monoisotopic (exact) mass is 278 g/mol. The highest BCUT2D eigenvalue weighted by molar-refractivity contribution is 6.21. The van der Waals surface area contributed by atoms with Crippen molar-refractivity contribution in [1.29, 1.82) is 0 Å². The van der Waals surface area contributed by atoms with Crippen LogP contribution in [-0.2, 0) is 6.18 Å². The first-order valence-corrected chi connectivity index (χ1v) is 5.86. The fourth-order valence-electron chi connectivity index (χ4n) is 2.36. The van der Waals surface area contributed by atoms with Gasteiger partial charge in [-0.25, -0.2) is 0 Å². The number of ketones is 1. The molecule has 0 bridgehead atoms. The van der Waals surface area contributed by atoms with Gasteiger partial charge in [-0.2, -0.15) is 13.2 Å². The van der Waals surface area contributed by atoms with E-state index in [0.717, 1.165) is 12.1 Å².